The predicted octanol–water partition coefficient (Wildman–Crippen LogP) is 5.20. The molecule has 0 unspecified atom stereocenters. The number of likely N-dealkylation sites (tertiary alicyclic amines) is 1. The second kappa shape index (κ2) is 14.9. The fourth-order valence-corrected chi connectivity index (χ4v) is 8.00. The number of anilines is 2. The van der Waals surface area contributed by atoms with Crippen molar-refractivity contribution < 1.29 is 14.3 Å². The van der Waals surface area contributed by atoms with Crippen LogP contribution in [0.4, 0.5) is 16.4 Å². The minimum Gasteiger partial charge on any atom is -0.445 e. The summed E-state index contributed by atoms with van der Waals surface area (Å²) in [5.41, 5.74) is 4.39. The number of fused-ring (bicyclic) bond motifs is 2. The number of nitrogens with one attached hydrogen (secondary N) is 1. The van der Waals surface area contributed by atoms with Crippen LogP contribution in [-0.4, -0.2) is 110 Å². The lowest BCUT2D eigenvalue weighted by Gasteiger charge is -2.36. The van der Waals surface area contributed by atoms with Gasteiger partial charge >= 0.3 is 6.09 Å². The Balaban J connectivity index is 0.831. The molecular formula is C39H48N10O3. The molecule has 5 aromatic rings. The molecule has 3 fully saturated rings. The number of imidazole rings is 1. The monoisotopic (exact) mass is 704 g/mol. The van der Waals surface area contributed by atoms with E-state index in [0.29, 0.717) is 43.0 Å². The number of ether oxygens (including phenoxy) is 1. The highest BCUT2D eigenvalue weighted by Gasteiger charge is 2.27. The minimum atomic E-state index is -0.226. The Labute approximate surface area is 304 Å². The predicted molar refractivity (Wildman–Crippen MR) is 200 cm³/mol. The number of amides is 2. The van der Waals surface area contributed by atoms with Crippen LogP contribution in [-0.2, 0) is 18.4 Å². The molecule has 0 bridgehead atoms. The number of piperidine rings is 1. The molecule has 52 heavy (non-hydrogen) atoms. The van der Waals surface area contributed by atoms with Crippen molar-refractivity contribution in [3.05, 3.63) is 83.9 Å². The smallest absolute Gasteiger partial charge is 0.410 e. The number of hydrogen-bond donors (Lipinski definition) is 1. The van der Waals surface area contributed by atoms with Gasteiger partial charge in [-0.15, -0.1) is 0 Å². The zero-order valence-electron chi connectivity index (χ0n) is 30.2. The summed E-state index contributed by atoms with van der Waals surface area (Å²) in [4.78, 5) is 44.3. The third-order valence-electron chi connectivity index (χ3n) is 11.2. The molecule has 3 aromatic heterocycles. The third kappa shape index (κ3) is 7.33. The van der Waals surface area contributed by atoms with Gasteiger partial charge in [-0.05, 0) is 81.9 Å². The Morgan fingerprint density at radius 1 is 0.923 bits per heavy atom. The number of piperazine rings is 1. The van der Waals surface area contributed by atoms with E-state index in [-0.39, 0.29) is 12.0 Å². The molecule has 13 nitrogen and oxygen atoms in total. The van der Waals surface area contributed by atoms with Gasteiger partial charge in [0.25, 0.3) is 5.91 Å². The van der Waals surface area contributed by atoms with E-state index in [1.165, 1.54) is 6.42 Å². The van der Waals surface area contributed by atoms with Crippen LogP contribution < -0.4 is 10.2 Å². The van der Waals surface area contributed by atoms with Crippen molar-refractivity contribution in [2.75, 3.05) is 69.6 Å². The molecule has 0 aliphatic carbocycles. The maximum Gasteiger partial charge on any atom is 0.410 e. The number of nitrogens with zero attached hydrogens (tertiary/aromatic N) is 9. The van der Waals surface area contributed by atoms with E-state index in [1.807, 2.05) is 82.0 Å². The van der Waals surface area contributed by atoms with Crippen LogP contribution in [0.2, 0.25) is 0 Å². The SMILES string of the molecule is CN1CCC[C@@H]1c1cn2cc(NC(=O)c3ccc4c(c3)c(N3CCC(CCN5CCN(C(=O)OCc6ccccc6)CC5)CC3)nn4C)ncc2n1. The summed E-state index contributed by atoms with van der Waals surface area (Å²) < 4.78 is 9.39. The zero-order valence-corrected chi connectivity index (χ0v) is 30.2. The summed E-state index contributed by atoms with van der Waals surface area (Å²) in [7, 11) is 4.10. The molecule has 0 spiro atoms. The van der Waals surface area contributed by atoms with Gasteiger partial charge in [0.1, 0.15) is 12.4 Å². The standard InChI is InChI=1S/C39H48N10O3/c1-44-15-6-9-34(44)32-25-49-26-35(40-24-36(49)41-32)42-38(50)30-10-11-33-31(23-30)37(43-45(33)2)47-17-13-28(14-18-47)12-16-46-19-21-48(22-20-46)39(51)52-27-29-7-4-3-5-8-29/h3-5,7-8,10-11,23-26,28,34H,6,9,12-22,27H2,1-2H3,(H,42,50)/t34-/m1/s1. The van der Waals surface area contributed by atoms with E-state index in [0.717, 1.165) is 98.6 Å². The molecule has 3 aliphatic rings. The molecule has 272 valence electrons. The lowest BCUT2D eigenvalue weighted by Crippen LogP contribution is -2.49. The van der Waals surface area contributed by atoms with E-state index in [1.54, 1.807) is 6.20 Å². The highest BCUT2D eigenvalue weighted by Crippen LogP contribution is 2.32. The Bertz CT molecular complexity index is 2030. The average molecular weight is 705 g/mol. The maximum atomic E-state index is 13.5. The largest absolute Gasteiger partial charge is 0.445 e. The lowest BCUT2D eigenvalue weighted by atomic mass is 9.93. The number of rotatable bonds is 9. The van der Waals surface area contributed by atoms with Crippen LogP contribution in [0.15, 0.2) is 67.1 Å². The highest BCUT2D eigenvalue weighted by atomic mass is 16.6. The van der Waals surface area contributed by atoms with Gasteiger partial charge < -0.3 is 24.3 Å². The summed E-state index contributed by atoms with van der Waals surface area (Å²) in [5.74, 6) is 1.86. The number of benzene rings is 2. The van der Waals surface area contributed by atoms with E-state index >= 15 is 0 Å². The number of carbonyl (C=O) groups is 2. The molecular weight excluding hydrogens is 656 g/mol. The Hall–Kier alpha value is -5.01. The number of aromatic nitrogens is 5. The van der Waals surface area contributed by atoms with Crippen LogP contribution in [0.25, 0.3) is 16.6 Å². The first-order valence-electron chi connectivity index (χ1n) is 18.6. The summed E-state index contributed by atoms with van der Waals surface area (Å²) in [6, 6.07) is 15.9. The van der Waals surface area contributed by atoms with Gasteiger partial charge in [-0.25, -0.2) is 14.8 Å². The average Bonchev–Trinajstić information content (AvgIpc) is 3.89. The van der Waals surface area contributed by atoms with Crippen LogP contribution >= 0.6 is 0 Å². The van der Waals surface area contributed by atoms with Gasteiger partial charge in [-0.2, -0.15) is 5.10 Å². The summed E-state index contributed by atoms with van der Waals surface area (Å²) >= 11 is 0. The quantitative estimate of drug-likeness (QED) is 0.221. The Morgan fingerprint density at radius 3 is 2.50 bits per heavy atom. The van der Waals surface area contributed by atoms with Crippen LogP contribution in [0.5, 0.6) is 0 Å². The minimum absolute atomic E-state index is 0.206. The van der Waals surface area contributed by atoms with Crippen molar-refractivity contribution >= 4 is 40.2 Å². The molecule has 1 atom stereocenters. The van der Waals surface area contributed by atoms with E-state index in [4.69, 9.17) is 14.8 Å². The van der Waals surface area contributed by atoms with Crippen molar-refractivity contribution in [1.82, 2.24) is 38.8 Å². The number of hydrogen-bond acceptors (Lipinski definition) is 9. The normalized spacial score (nSPS) is 19.2. The summed E-state index contributed by atoms with van der Waals surface area (Å²) in [5, 5.41) is 8.88. The fraction of sp³-hybridized carbons (Fsp3) is 0.462. The molecule has 0 saturated carbocycles. The van der Waals surface area contributed by atoms with Crippen molar-refractivity contribution in [2.45, 2.75) is 44.8 Å². The van der Waals surface area contributed by atoms with Gasteiger partial charge in [0.05, 0.1) is 29.6 Å². The van der Waals surface area contributed by atoms with E-state index < -0.39 is 0 Å². The molecule has 3 saturated heterocycles. The fourth-order valence-electron chi connectivity index (χ4n) is 8.00. The van der Waals surface area contributed by atoms with Crippen molar-refractivity contribution in [2.24, 2.45) is 13.0 Å². The summed E-state index contributed by atoms with van der Waals surface area (Å²) in [6.07, 6.45) is 11.0. The van der Waals surface area contributed by atoms with Crippen molar-refractivity contribution in [3.8, 4) is 0 Å². The first kappa shape index (κ1) is 34.1. The molecule has 13 heteroatoms. The van der Waals surface area contributed by atoms with Crippen LogP contribution in [0.3, 0.4) is 0 Å². The lowest BCUT2D eigenvalue weighted by molar-refractivity contribution is 0.0700. The second-order valence-corrected chi connectivity index (χ2v) is 14.6. The van der Waals surface area contributed by atoms with Gasteiger partial charge in [-0.3, -0.25) is 19.3 Å². The zero-order chi connectivity index (χ0) is 35.6. The van der Waals surface area contributed by atoms with Gasteiger partial charge in [0, 0.05) is 63.5 Å². The molecule has 2 aromatic carbocycles. The van der Waals surface area contributed by atoms with E-state index in [9.17, 15) is 9.59 Å². The third-order valence-corrected chi connectivity index (χ3v) is 11.2. The molecule has 3 aliphatic heterocycles. The highest BCUT2D eigenvalue weighted by molar-refractivity contribution is 6.07. The topological polar surface area (TPSA) is 116 Å². The number of aryl methyl sites for hydroxylation is 1. The van der Waals surface area contributed by atoms with Crippen molar-refractivity contribution in [3.63, 3.8) is 0 Å². The summed E-state index contributed by atoms with van der Waals surface area (Å²) in [6.45, 7) is 7.46. The van der Waals surface area contributed by atoms with Gasteiger partial charge in [0.15, 0.2) is 11.5 Å². The van der Waals surface area contributed by atoms with E-state index in [2.05, 4.69) is 32.0 Å². The number of carbonyl (C=O) groups excluding carboxylic acids is 2. The van der Waals surface area contributed by atoms with Gasteiger partial charge in [0.2, 0.25) is 0 Å². The van der Waals surface area contributed by atoms with Crippen LogP contribution in [0.1, 0.15) is 59.8 Å². The van der Waals surface area contributed by atoms with Crippen molar-refractivity contribution in [1.29, 1.82) is 0 Å². The molecule has 0 radical (unpaired) electrons. The molecule has 2 amide bonds. The second-order valence-electron chi connectivity index (χ2n) is 14.6. The molecule has 1 N–H and O–H groups in total. The molecule has 6 heterocycles. The Kier molecular flexibility index (Phi) is 9.78. The first-order chi connectivity index (χ1) is 25.4. The first-order valence-corrected chi connectivity index (χ1v) is 18.6. The molecule has 8 rings (SSSR count). The van der Waals surface area contributed by atoms with Gasteiger partial charge in [-0.1, -0.05) is 30.3 Å². The maximum absolute atomic E-state index is 13.5. The van der Waals surface area contributed by atoms with Crippen LogP contribution in [0, 0.1) is 5.92 Å². The Morgan fingerprint density at radius 2 is 1.73 bits per heavy atom.